The van der Waals surface area contributed by atoms with E-state index < -0.39 is 0 Å². The zero-order valence-corrected chi connectivity index (χ0v) is 6.97. The highest BCUT2D eigenvalue weighted by molar-refractivity contribution is 8.49. The molecule has 48 valence electrons. The molecule has 0 amide bonds. The van der Waals surface area contributed by atoms with Gasteiger partial charge in [0.15, 0.2) is 0 Å². The third-order valence-corrected chi connectivity index (χ3v) is 4.47. The summed E-state index contributed by atoms with van der Waals surface area (Å²) in [5, 5.41) is 0. The van der Waals surface area contributed by atoms with Gasteiger partial charge in [0.05, 0.1) is 0 Å². The van der Waals surface area contributed by atoms with Crippen molar-refractivity contribution >= 4 is 19.2 Å². The molecule has 0 bridgehead atoms. The first-order valence-electron chi connectivity index (χ1n) is 3.35. The summed E-state index contributed by atoms with van der Waals surface area (Å²) in [6.45, 7) is 0. The summed E-state index contributed by atoms with van der Waals surface area (Å²) in [5.74, 6) is 1.43. The molecule has 0 N–H and O–H groups in total. The second-order valence-electron chi connectivity index (χ2n) is 2.16. The SMILES string of the molecule is C1CCCSPCC1. The lowest BCUT2D eigenvalue weighted by molar-refractivity contribution is 0.709. The maximum Gasteiger partial charge on any atom is -0.00284 e. The Labute approximate surface area is 57.3 Å². The van der Waals surface area contributed by atoms with Crippen molar-refractivity contribution in [1.29, 1.82) is 0 Å². The molecule has 1 atom stereocenters. The first kappa shape index (κ1) is 6.89. The minimum atomic E-state index is 1.21. The van der Waals surface area contributed by atoms with E-state index in [-0.39, 0.29) is 0 Å². The van der Waals surface area contributed by atoms with Crippen LogP contribution in [-0.4, -0.2) is 11.9 Å². The molecule has 0 radical (unpaired) electrons. The van der Waals surface area contributed by atoms with Gasteiger partial charge in [0.2, 0.25) is 0 Å². The molecule has 0 aromatic rings. The maximum absolute atomic E-state index is 2.16. The summed E-state index contributed by atoms with van der Waals surface area (Å²) in [6, 6.07) is 0. The van der Waals surface area contributed by atoms with E-state index in [1.165, 1.54) is 45.4 Å². The summed E-state index contributed by atoms with van der Waals surface area (Å²) in [4.78, 5) is 0. The lowest BCUT2D eigenvalue weighted by Gasteiger charge is -2.05. The topological polar surface area (TPSA) is 0 Å². The highest BCUT2D eigenvalue weighted by Crippen LogP contribution is 2.33. The Morgan fingerprint density at radius 2 is 1.88 bits per heavy atom. The average Bonchev–Trinajstić information content (AvgIpc) is 1.62. The molecular weight excluding hydrogens is 135 g/mol. The first-order valence-corrected chi connectivity index (χ1v) is 6.26. The third-order valence-electron chi connectivity index (χ3n) is 1.38. The van der Waals surface area contributed by atoms with E-state index in [0.29, 0.717) is 0 Å². The molecule has 1 aliphatic heterocycles. The Morgan fingerprint density at radius 3 is 2.88 bits per heavy atom. The predicted octanol–water partition coefficient (Wildman–Crippen LogP) is 2.89. The van der Waals surface area contributed by atoms with E-state index in [9.17, 15) is 0 Å². The van der Waals surface area contributed by atoms with Crippen molar-refractivity contribution in [2.45, 2.75) is 25.7 Å². The first-order chi connectivity index (χ1) is 4.00. The Balaban J connectivity index is 2.00. The Hall–Kier alpha value is 0.780. The van der Waals surface area contributed by atoms with Crippen LogP contribution in [0.3, 0.4) is 0 Å². The van der Waals surface area contributed by atoms with Gasteiger partial charge in [-0.1, -0.05) is 20.6 Å². The summed E-state index contributed by atoms with van der Waals surface area (Å²) in [7, 11) is 1.21. The fraction of sp³-hybridized carbons (Fsp3) is 1.00. The lowest BCUT2D eigenvalue weighted by atomic mass is 10.2. The molecule has 1 heterocycles. The zero-order valence-electron chi connectivity index (χ0n) is 5.15. The van der Waals surface area contributed by atoms with E-state index in [1.54, 1.807) is 0 Å². The highest BCUT2D eigenvalue weighted by atomic mass is 32.7. The molecule has 0 aliphatic carbocycles. The molecule has 8 heavy (non-hydrogen) atoms. The third kappa shape index (κ3) is 2.94. The van der Waals surface area contributed by atoms with Crippen LogP contribution in [-0.2, 0) is 0 Å². The minimum absolute atomic E-state index is 1.21. The fourth-order valence-corrected chi connectivity index (χ4v) is 3.63. The molecule has 1 saturated heterocycles. The smallest absolute Gasteiger partial charge is 0.00284 e. The monoisotopic (exact) mass is 148 g/mol. The molecule has 0 aromatic heterocycles. The van der Waals surface area contributed by atoms with Crippen molar-refractivity contribution in [3.63, 3.8) is 0 Å². The van der Waals surface area contributed by atoms with E-state index in [2.05, 4.69) is 11.4 Å². The molecule has 1 unspecified atom stereocenters. The van der Waals surface area contributed by atoms with E-state index in [0.717, 1.165) is 0 Å². The van der Waals surface area contributed by atoms with Gasteiger partial charge < -0.3 is 0 Å². The van der Waals surface area contributed by atoms with Crippen molar-refractivity contribution in [2.75, 3.05) is 11.9 Å². The standard InChI is InChI=1S/C6H13PS/c1-2-4-6-8-7-5-3-1/h7H,1-6H2. The Kier molecular flexibility index (Phi) is 4.00. The zero-order chi connectivity index (χ0) is 5.66. The van der Waals surface area contributed by atoms with Gasteiger partial charge in [-0.3, -0.25) is 0 Å². The second-order valence-corrected chi connectivity index (χ2v) is 5.37. The van der Waals surface area contributed by atoms with E-state index in [4.69, 9.17) is 0 Å². The highest BCUT2D eigenvalue weighted by Gasteiger charge is 1.95. The van der Waals surface area contributed by atoms with Crippen LogP contribution in [0.5, 0.6) is 0 Å². The molecule has 0 spiro atoms. The van der Waals surface area contributed by atoms with Crippen molar-refractivity contribution < 1.29 is 0 Å². The summed E-state index contributed by atoms with van der Waals surface area (Å²) in [5.41, 5.74) is 0. The van der Waals surface area contributed by atoms with Gasteiger partial charge in [-0.15, -0.1) is 11.4 Å². The van der Waals surface area contributed by atoms with Gasteiger partial charge >= 0.3 is 0 Å². The van der Waals surface area contributed by atoms with Gasteiger partial charge in [-0.05, 0) is 24.8 Å². The van der Waals surface area contributed by atoms with Gasteiger partial charge in [0.25, 0.3) is 0 Å². The lowest BCUT2D eigenvalue weighted by Crippen LogP contribution is -1.85. The average molecular weight is 148 g/mol. The summed E-state index contributed by atoms with van der Waals surface area (Å²) < 4.78 is 0. The van der Waals surface area contributed by atoms with Crippen LogP contribution in [0, 0.1) is 0 Å². The molecule has 1 fully saturated rings. The molecular formula is C6H13PS. The van der Waals surface area contributed by atoms with Crippen LogP contribution < -0.4 is 0 Å². The molecule has 0 aromatic carbocycles. The van der Waals surface area contributed by atoms with Gasteiger partial charge in [0.1, 0.15) is 0 Å². The van der Waals surface area contributed by atoms with Gasteiger partial charge in [-0.25, -0.2) is 0 Å². The molecule has 1 aliphatic rings. The summed E-state index contributed by atoms with van der Waals surface area (Å²) in [6.07, 6.45) is 7.43. The summed E-state index contributed by atoms with van der Waals surface area (Å²) >= 11 is 2.16. The van der Waals surface area contributed by atoms with Crippen molar-refractivity contribution in [2.24, 2.45) is 0 Å². The van der Waals surface area contributed by atoms with Crippen LogP contribution in [0.15, 0.2) is 0 Å². The molecule has 0 saturated carbocycles. The molecule has 2 heteroatoms. The van der Waals surface area contributed by atoms with Crippen LogP contribution in [0.25, 0.3) is 0 Å². The Morgan fingerprint density at radius 1 is 1.00 bits per heavy atom. The minimum Gasteiger partial charge on any atom is -0.138 e. The molecule has 0 nitrogen and oxygen atoms in total. The maximum atomic E-state index is 2.16. The van der Waals surface area contributed by atoms with Crippen molar-refractivity contribution in [1.82, 2.24) is 0 Å². The number of rotatable bonds is 0. The van der Waals surface area contributed by atoms with Crippen LogP contribution >= 0.6 is 19.2 Å². The molecule has 1 rings (SSSR count). The fourth-order valence-electron chi connectivity index (χ4n) is 0.869. The van der Waals surface area contributed by atoms with Gasteiger partial charge in [-0.2, -0.15) is 0 Å². The second kappa shape index (κ2) is 4.64. The van der Waals surface area contributed by atoms with Crippen LogP contribution in [0.2, 0.25) is 0 Å². The van der Waals surface area contributed by atoms with E-state index in [1.807, 2.05) is 0 Å². The van der Waals surface area contributed by atoms with Gasteiger partial charge in [0, 0.05) is 0 Å². The van der Waals surface area contributed by atoms with Crippen LogP contribution in [0.1, 0.15) is 25.7 Å². The van der Waals surface area contributed by atoms with Crippen molar-refractivity contribution in [3.8, 4) is 0 Å². The number of hydrogen-bond acceptors (Lipinski definition) is 1. The quantitative estimate of drug-likeness (QED) is 0.476. The largest absolute Gasteiger partial charge is 0.138 e. The van der Waals surface area contributed by atoms with Crippen molar-refractivity contribution in [3.05, 3.63) is 0 Å². The number of hydrogen-bond donors (Lipinski definition) is 0. The normalized spacial score (nSPS) is 27.0. The Bertz CT molecular complexity index is 32.5. The predicted molar refractivity (Wildman–Crippen MR) is 44.1 cm³/mol. The van der Waals surface area contributed by atoms with E-state index >= 15 is 0 Å². The van der Waals surface area contributed by atoms with Crippen LogP contribution in [0.4, 0.5) is 0 Å².